The van der Waals surface area contributed by atoms with Crippen molar-refractivity contribution in [1.29, 1.82) is 0 Å². The summed E-state index contributed by atoms with van der Waals surface area (Å²) in [7, 11) is 0. The van der Waals surface area contributed by atoms with Gasteiger partial charge in [-0.1, -0.05) is 11.6 Å². The number of nitrogens with one attached hydrogen (secondary N) is 1. The van der Waals surface area contributed by atoms with E-state index in [0.717, 1.165) is 12.3 Å². The maximum atomic E-state index is 13.5. The van der Waals surface area contributed by atoms with Gasteiger partial charge in [0.2, 0.25) is 0 Å². The van der Waals surface area contributed by atoms with Crippen molar-refractivity contribution in [2.24, 2.45) is 0 Å². The highest BCUT2D eigenvalue weighted by molar-refractivity contribution is 6.33. The van der Waals surface area contributed by atoms with Crippen molar-refractivity contribution in [2.45, 2.75) is 0 Å². The topological polar surface area (TPSA) is 75.1 Å². The number of rotatable bonds is 3. The quantitative estimate of drug-likeness (QED) is 0.907. The Labute approximate surface area is 110 Å². The SMILES string of the molecule is O=C(O)c1cncc(Nc2c(F)cc(F)cc2Cl)n1. The van der Waals surface area contributed by atoms with Gasteiger partial charge in [-0.05, 0) is 6.07 Å². The molecule has 5 nitrogen and oxygen atoms in total. The van der Waals surface area contributed by atoms with Crippen LogP contribution in [0.3, 0.4) is 0 Å². The maximum Gasteiger partial charge on any atom is 0.356 e. The molecule has 0 saturated carbocycles. The van der Waals surface area contributed by atoms with E-state index in [1.807, 2.05) is 0 Å². The number of aromatic nitrogens is 2. The first-order chi connectivity index (χ1) is 8.97. The van der Waals surface area contributed by atoms with Crippen LogP contribution in [0, 0.1) is 11.6 Å². The highest BCUT2D eigenvalue weighted by atomic mass is 35.5. The summed E-state index contributed by atoms with van der Waals surface area (Å²) in [6, 6.07) is 1.56. The Hall–Kier alpha value is -2.28. The van der Waals surface area contributed by atoms with E-state index in [0.29, 0.717) is 6.07 Å². The summed E-state index contributed by atoms with van der Waals surface area (Å²) < 4.78 is 26.4. The van der Waals surface area contributed by atoms with Crippen molar-refractivity contribution < 1.29 is 18.7 Å². The lowest BCUT2D eigenvalue weighted by atomic mass is 10.3. The average molecular weight is 286 g/mol. The van der Waals surface area contributed by atoms with Crippen LogP contribution in [0.25, 0.3) is 0 Å². The molecule has 98 valence electrons. The number of halogens is 3. The zero-order valence-corrected chi connectivity index (χ0v) is 9.95. The number of hydrogen-bond donors (Lipinski definition) is 2. The predicted octanol–water partition coefficient (Wildman–Crippen LogP) is 2.85. The first kappa shape index (κ1) is 13.2. The van der Waals surface area contributed by atoms with Crippen LogP contribution in [-0.2, 0) is 0 Å². The number of aromatic carboxylic acids is 1. The summed E-state index contributed by atoms with van der Waals surface area (Å²) >= 11 is 5.68. The zero-order chi connectivity index (χ0) is 14.0. The van der Waals surface area contributed by atoms with Gasteiger partial charge in [-0.2, -0.15) is 0 Å². The molecule has 0 aliphatic carbocycles. The molecule has 19 heavy (non-hydrogen) atoms. The van der Waals surface area contributed by atoms with Gasteiger partial charge in [0.25, 0.3) is 0 Å². The Kier molecular flexibility index (Phi) is 3.57. The monoisotopic (exact) mass is 285 g/mol. The number of nitrogens with zero attached hydrogens (tertiary/aromatic N) is 2. The Bertz CT molecular complexity index is 629. The van der Waals surface area contributed by atoms with Crippen LogP contribution >= 0.6 is 11.6 Å². The van der Waals surface area contributed by atoms with E-state index in [1.165, 1.54) is 6.20 Å². The van der Waals surface area contributed by atoms with E-state index in [2.05, 4.69) is 15.3 Å². The molecule has 0 aliphatic rings. The number of benzene rings is 1. The largest absolute Gasteiger partial charge is 0.476 e. The lowest BCUT2D eigenvalue weighted by Gasteiger charge is -2.08. The molecule has 0 unspecified atom stereocenters. The molecule has 0 amide bonds. The fourth-order valence-electron chi connectivity index (χ4n) is 1.32. The van der Waals surface area contributed by atoms with Gasteiger partial charge >= 0.3 is 5.97 Å². The second-order valence-corrected chi connectivity index (χ2v) is 3.87. The molecule has 0 fully saturated rings. The summed E-state index contributed by atoms with van der Waals surface area (Å²) in [5, 5.41) is 11.0. The molecule has 0 aliphatic heterocycles. The minimum Gasteiger partial charge on any atom is -0.476 e. The molecule has 1 aromatic heterocycles. The molecular weight excluding hydrogens is 280 g/mol. The van der Waals surface area contributed by atoms with Crippen molar-refractivity contribution in [1.82, 2.24) is 9.97 Å². The Morgan fingerprint density at radius 3 is 2.68 bits per heavy atom. The van der Waals surface area contributed by atoms with E-state index >= 15 is 0 Å². The van der Waals surface area contributed by atoms with Crippen LogP contribution in [0.15, 0.2) is 24.5 Å². The summed E-state index contributed by atoms with van der Waals surface area (Å²) in [4.78, 5) is 18.0. The van der Waals surface area contributed by atoms with Gasteiger partial charge in [0, 0.05) is 6.07 Å². The number of carboxylic acid groups (broad SMARTS) is 1. The van der Waals surface area contributed by atoms with Gasteiger partial charge < -0.3 is 10.4 Å². The van der Waals surface area contributed by atoms with Crippen LogP contribution in [-0.4, -0.2) is 21.0 Å². The van der Waals surface area contributed by atoms with Crippen molar-refractivity contribution in [2.75, 3.05) is 5.32 Å². The number of carbonyl (C=O) groups is 1. The van der Waals surface area contributed by atoms with Crippen LogP contribution in [0.5, 0.6) is 0 Å². The molecule has 1 aromatic carbocycles. The predicted molar refractivity (Wildman–Crippen MR) is 63.6 cm³/mol. The van der Waals surface area contributed by atoms with E-state index in [9.17, 15) is 13.6 Å². The molecule has 0 atom stereocenters. The second-order valence-electron chi connectivity index (χ2n) is 3.46. The Morgan fingerprint density at radius 1 is 1.32 bits per heavy atom. The normalized spacial score (nSPS) is 10.3. The molecule has 8 heteroatoms. The molecule has 0 spiro atoms. The summed E-state index contributed by atoms with van der Waals surface area (Å²) in [6.45, 7) is 0. The van der Waals surface area contributed by atoms with Gasteiger partial charge in [-0.25, -0.2) is 18.6 Å². The molecule has 2 aromatic rings. The number of carboxylic acids is 1. The Balaban J connectivity index is 2.36. The smallest absolute Gasteiger partial charge is 0.356 e. The first-order valence-electron chi connectivity index (χ1n) is 4.94. The molecule has 1 heterocycles. The lowest BCUT2D eigenvalue weighted by Crippen LogP contribution is -2.05. The fraction of sp³-hybridized carbons (Fsp3) is 0. The van der Waals surface area contributed by atoms with E-state index in [1.54, 1.807) is 0 Å². The van der Waals surface area contributed by atoms with Gasteiger partial charge in [-0.3, -0.25) is 4.98 Å². The average Bonchev–Trinajstić information content (AvgIpc) is 2.34. The molecule has 0 saturated heterocycles. The third kappa shape index (κ3) is 2.94. The van der Waals surface area contributed by atoms with Gasteiger partial charge in [0.1, 0.15) is 11.6 Å². The fourth-order valence-corrected chi connectivity index (χ4v) is 1.56. The summed E-state index contributed by atoms with van der Waals surface area (Å²) in [5.74, 6) is -3.04. The number of anilines is 2. The highest BCUT2D eigenvalue weighted by Crippen LogP contribution is 2.28. The van der Waals surface area contributed by atoms with Crippen molar-refractivity contribution in [3.8, 4) is 0 Å². The molecule has 2 N–H and O–H groups in total. The van der Waals surface area contributed by atoms with Crippen LogP contribution in [0.4, 0.5) is 20.3 Å². The highest BCUT2D eigenvalue weighted by Gasteiger charge is 2.12. The molecule has 2 rings (SSSR count). The van der Waals surface area contributed by atoms with Crippen LogP contribution in [0.1, 0.15) is 10.5 Å². The minimum atomic E-state index is -1.28. The third-order valence-corrected chi connectivity index (χ3v) is 2.41. The van der Waals surface area contributed by atoms with Gasteiger partial charge in [-0.15, -0.1) is 0 Å². The van der Waals surface area contributed by atoms with Gasteiger partial charge in [0.15, 0.2) is 11.5 Å². The second kappa shape index (κ2) is 5.15. The van der Waals surface area contributed by atoms with E-state index < -0.39 is 17.6 Å². The third-order valence-electron chi connectivity index (χ3n) is 2.11. The number of hydrogen-bond acceptors (Lipinski definition) is 4. The Morgan fingerprint density at radius 2 is 2.05 bits per heavy atom. The first-order valence-corrected chi connectivity index (χ1v) is 5.32. The lowest BCUT2D eigenvalue weighted by molar-refractivity contribution is 0.0690. The van der Waals surface area contributed by atoms with Crippen LogP contribution in [0.2, 0.25) is 5.02 Å². The van der Waals surface area contributed by atoms with E-state index in [-0.39, 0.29) is 22.2 Å². The van der Waals surface area contributed by atoms with Crippen molar-refractivity contribution >= 4 is 29.1 Å². The molecular formula is C11H6ClF2N3O2. The maximum absolute atomic E-state index is 13.5. The van der Waals surface area contributed by atoms with Crippen molar-refractivity contribution in [3.63, 3.8) is 0 Å². The van der Waals surface area contributed by atoms with Gasteiger partial charge in [0.05, 0.1) is 23.1 Å². The summed E-state index contributed by atoms with van der Waals surface area (Å²) in [5.41, 5.74) is -0.524. The standard InChI is InChI=1S/C11H6ClF2N3O2/c12-6-1-5(13)2-7(14)10(6)17-9-4-15-3-8(16-9)11(18)19/h1-4H,(H,16,17)(H,18,19). The summed E-state index contributed by atoms with van der Waals surface area (Å²) in [6.07, 6.45) is 2.22. The van der Waals surface area contributed by atoms with Crippen molar-refractivity contribution in [3.05, 3.63) is 46.9 Å². The molecule has 0 radical (unpaired) electrons. The zero-order valence-electron chi connectivity index (χ0n) is 9.19. The minimum absolute atomic E-state index is 0.0210. The van der Waals surface area contributed by atoms with E-state index in [4.69, 9.17) is 16.7 Å². The molecule has 0 bridgehead atoms. The van der Waals surface area contributed by atoms with Crippen LogP contribution < -0.4 is 5.32 Å².